The minimum atomic E-state index is -0.0873. The minimum Gasteiger partial charge on any atom is -0.306 e. The van der Waals surface area contributed by atoms with Crippen molar-refractivity contribution in [2.24, 2.45) is 5.92 Å². The van der Waals surface area contributed by atoms with E-state index >= 15 is 0 Å². The van der Waals surface area contributed by atoms with Crippen molar-refractivity contribution in [2.75, 3.05) is 11.9 Å². The van der Waals surface area contributed by atoms with Crippen molar-refractivity contribution in [1.29, 1.82) is 0 Å². The highest BCUT2D eigenvalue weighted by Crippen LogP contribution is 2.26. The average molecular weight is 275 g/mol. The zero-order valence-corrected chi connectivity index (χ0v) is 11.7. The van der Waals surface area contributed by atoms with Crippen LogP contribution in [0.4, 0.5) is 5.13 Å². The lowest BCUT2D eigenvalue weighted by Gasteiger charge is -2.26. The maximum Gasteiger partial charge on any atom is 0.243 e. The number of fused-ring (bicyclic) bond motifs is 1. The van der Waals surface area contributed by atoms with Crippen LogP contribution >= 0.6 is 11.3 Å². The number of nitrogens with one attached hydrogen (secondary N) is 2. The number of amides is 1. The molecule has 0 spiro atoms. The fraction of sp³-hybridized carbons (Fsp3) is 0.429. The highest BCUT2D eigenvalue weighted by molar-refractivity contribution is 7.22. The van der Waals surface area contributed by atoms with Gasteiger partial charge in [-0.3, -0.25) is 4.79 Å². The molecular formula is C14H17N3OS. The monoisotopic (exact) mass is 275 g/mol. The molecule has 0 bridgehead atoms. The fourth-order valence-electron chi connectivity index (χ4n) is 2.43. The van der Waals surface area contributed by atoms with Crippen LogP contribution in [-0.4, -0.2) is 23.5 Å². The maximum atomic E-state index is 12.2. The highest BCUT2D eigenvalue weighted by Gasteiger charge is 2.25. The summed E-state index contributed by atoms with van der Waals surface area (Å²) in [6, 6.07) is 7.83. The van der Waals surface area contributed by atoms with E-state index in [9.17, 15) is 4.79 Å². The Morgan fingerprint density at radius 1 is 1.47 bits per heavy atom. The Morgan fingerprint density at radius 2 is 2.32 bits per heavy atom. The predicted octanol–water partition coefficient (Wildman–Crippen LogP) is 2.62. The molecule has 2 atom stereocenters. The van der Waals surface area contributed by atoms with E-state index in [2.05, 4.69) is 22.5 Å². The average Bonchev–Trinajstić information content (AvgIpc) is 2.80. The second-order valence-electron chi connectivity index (χ2n) is 5.11. The smallest absolute Gasteiger partial charge is 0.243 e. The molecule has 1 aliphatic rings. The van der Waals surface area contributed by atoms with Crippen LogP contribution in [0.25, 0.3) is 10.2 Å². The number of carbonyl (C=O) groups is 1. The van der Waals surface area contributed by atoms with Crippen molar-refractivity contribution in [3.8, 4) is 0 Å². The molecule has 1 saturated heterocycles. The van der Waals surface area contributed by atoms with Gasteiger partial charge < -0.3 is 10.6 Å². The van der Waals surface area contributed by atoms with E-state index in [1.807, 2.05) is 24.3 Å². The van der Waals surface area contributed by atoms with Crippen molar-refractivity contribution < 1.29 is 4.79 Å². The lowest BCUT2D eigenvalue weighted by atomic mass is 9.94. The molecule has 2 aromatic rings. The summed E-state index contributed by atoms with van der Waals surface area (Å²) < 4.78 is 1.10. The third-order valence-corrected chi connectivity index (χ3v) is 4.46. The maximum absolute atomic E-state index is 12.2. The standard InChI is InChI=1S/C14H17N3OS/c1-9-6-7-15-11(8-9)13(18)17-14-16-10-4-2-3-5-12(10)19-14/h2-5,9,11,15H,6-8H2,1H3,(H,16,17,18). The number of aromatic nitrogens is 1. The third kappa shape index (κ3) is 2.77. The molecule has 1 aromatic heterocycles. The second-order valence-corrected chi connectivity index (χ2v) is 6.14. The Kier molecular flexibility index (Phi) is 3.48. The van der Waals surface area contributed by atoms with Gasteiger partial charge in [0.15, 0.2) is 5.13 Å². The number of hydrogen-bond acceptors (Lipinski definition) is 4. The number of nitrogens with zero attached hydrogens (tertiary/aromatic N) is 1. The number of hydrogen-bond donors (Lipinski definition) is 2. The van der Waals surface area contributed by atoms with Gasteiger partial charge in [0.25, 0.3) is 0 Å². The molecule has 0 radical (unpaired) electrons. The molecule has 1 aliphatic heterocycles. The van der Waals surface area contributed by atoms with E-state index in [1.165, 1.54) is 11.3 Å². The molecule has 2 N–H and O–H groups in total. The van der Waals surface area contributed by atoms with E-state index in [-0.39, 0.29) is 11.9 Å². The third-order valence-electron chi connectivity index (χ3n) is 3.51. The lowest BCUT2D eigenvalue weighted by molar-refractivity contribution is -0.119. The van der Waals surface area contributed by atoms with E-state index in [1.54, 1.807) is 0 Å². The number of para-hydroxylation sites is 1. The van der Waals surface area contributed by atoms with Crippen molar-refractivity contribution >= 4 is 32.6 Å². The Balaban J connectivity index is 1.71. The Bertz CT molecular complexity index is 562. The van der Waals surface area contributed by atoms with Gasteiger partial charge in [0.2, 0.25) is 5.91 Å². The molecule has 4 nitrogen and oxygen atoms in total. The van der Waals surface area contributed by atoms with Gasteiger partial charge in [0, 0.05) is 0 Å². The topological polar surface area (TPSA) is 54.0 Å². The van der Waals surface area contributed by atoms with E-state index < -0.39 is 0 Å². The SMILES string of the molecule is CC1CCNC(C(=O)Nc2nc3ccccc3s2)C1. The molecule has 0 aliphatic carbocycles. The first-order valence-electron chi connectivity index (χ1n) is 6.62. The van der Waals surface area contributed by atoms with Crippen molar-refractivity contribution in [3.05, 3.63) is 24.3 Å². The second kappa shape index (κ2) is 5.27. The van der Waals surface area contributed by atoms with Crippen LogP contribution in [0.5, 0.6) is 0 Å². The van der Waals surface area contributed by atoms with Crippen LogP contribution in [0.15, 0.2) is 24.3 Å². The fourth-order valence-corrected chi connectivity index (χ4v) is 3.29. The molecule has 1 fully saturated rings. The first-order valence-corrected chi connectivity index (χ1v) is 7.44. The molecule has 19 heavy (non-hydrogen) atoms. The molecule has 1 amide bonds. The summed E-state index contributed by atoms with van der Waals surface area (Å²) in [5, 5.41) is 6.88. The summed E-state index contributed by atoms with van der Waals surface area (Å²) in [5.74, 6) is 0.637. The van der Waals surface area contributed by atoms with Gasteiger partial charge in [-0.1, -0.05) is 30.4 Å². The summed E-state index contributed by atoms with van der Waals surface area (Å²) in [4.78, 5) is 16.6. The van der Waals surface area contributed by atoms with Crippen LogP contribution in [0, 0.1) is 5.92 Å². The largest absolute Gasteiger partial charge is 0.306 e. The Morgan fingerprint density at radius 3 is 3.11 bits per heavy atom. The van der Waals surface area contributed by atoms with Gasteiger partial charge in [-0.05, 0) is 37.4 Å². The van der Waals surface area contributed by atoms with Gasteiger partial charge in [-0.15, -0.1) is 0 Å². The van der Waals surface area contributed by atoms with Crippen molar-refractivity contribution in [2.45, 2.75) is 25.8 Å². The van der Waals surface area contributed by atoms with Gasteiger partial charge in [0.1, 0.15) is 0 Å². The molecule has 100 valence electrons. The van der Waals surface area contributed by atoms with Crippen molar-refractivity contribution in [3.63, 3.8) is 0 Å². The summed E-state index contributed by atoms with van der Waals surface area (Å²) in [6.45, 7) is 3.11. The number of piperidine rings is 1. The zero-order chi connectivity index (χ0) is 13.2. The zero-order valence-electron chi connectivity index (χ0n) is 10.8. The van der Waals surface area contributed by atoms with Crippen LogP contribution in [0.3, 0.4) is 0 Å². The number of rotatable bonds is 2. The van der Waals surface area contributed by atoms with Crippen LogP contribution in [0.2, 0.25) is 0 Å². The number of anilines is 1. The molecule has 2 heterocycles. The molecule has 5 heteroatoms. The van der Waals surface area contributed by atoms with Crippen molar-refractivity contribution in [1.82, 2.24) is 10.3 Å². The normalized spacial score (nSPS) is 23.4. The van der Waals surface area contributed by atoms with E-state index in [0.717, 1.165) is 29.6 Å². The summed E-state index contributed by atoms with van der Waals surface area (Å²) in [7, 11) is 0. The molecule has 2 unspecified atom stereocenters. The Labute approximate surface area is 116 Å². The molecule has 3 rings (SSSR count). The predicted molar refractivity (Wildman–Crippen MR) is 78.4 cm³/mol. The van der Waals surface area contributed by atoms with Gasteiger partial charge in [-0.25, -0.2) is 4.98 Å². The number of thiazole rings is 1. The van der Waals surface area contributed by atoms with Gasteiger partial charge in [-0.2, -0.15) is 0 Å². The van der Waals surface area contributed by atoms with E-state index in [0.29, 0.717) is 11.0 Å². The minimum absolute atomic E-state index is 0.0330. The highest BCUT2D eigenvalue weighted by atomic mass is 32.1. The molecular weight excluding hydrogens is 258 g/mol. The summed E-state index contributed by atoms with van der Waals surface area (Å²) in [5.41, 5.74) is 0.938. The first kappa shape index (κ1) is 12.6. The van der Waals surface area contributed by atoms with Gasteiger partial charge >= 0.3 is 0 Å². The first-order chi connectivity index (χ1) is 9.22. The Hall–Kier alpha value is -1.46. The van der Waals surface area contributed by atoms with Crippen LogP contribution < -0.4 is 10.6 Å². The van der Waals surface area contributed by atoms with Crippen LogP contribution in [0.1, 0.15) is 19.8 Å². The van der Waals surface area contributed by atoms with E-state index in [4.69, 9.17) is 0 Å². The number of carbonyl (C=O) groups excluding carboxylic acids is 1. The molecule has 0 saturated carbocycles. The number of benzene rings is 1. The lowest BCUT2D eigenvalue weighted by Crippen LogP contribution is -2.45. The van der Waals surface area contributed by atoms with Gasteiger partial charge in [0.05, 0.1) is 16.3 Å². The van der Waals surface area contributed by atoms with Crippen LogP contribution in [-0.2, 0) is 4.79 Å². The summed E-state index contributed by atoms with van der Waals surface area (Å²) in [6.07, 6.45) is 2.04. The molecule has 1 aromatic carbocycles. The quantitative estimate of drug-likeness (QED) is 0.886. The summed E-state index contributed by atoms with van der Waals surface area (Å²) >= 11 is 1.52.